The highest BCUT2D eigenvalue weighted by atomic mass is 35.5. The molecule has 0 radical (unpaired) electrons. The van der Waals surface area contributed by atoms with Crippen molar-refractivity contribution in [3.63, 3.8) is 0 Å². The van der Waals surface area contributed by atoms with Crippen LogP contribution in [0.15, 0.2) is 41.6 Å². The Hall–Kier alpha value is -2.16. The van der Waals surface area contributed by atoms with Gasteiger partial charge in [0.25, 0.3) is 5.91 Å². The van der Waals surface area contributed by atoms with Gasteiger partial charge in [0.05, 0.1) is 20.8 Å². The minimum absolute atomic E-state index is 0.0842. The Morgan fingerprint density at radius 1 is 1.11 bits per heavy atom. The van der Waals surface area contributed by atoms with Crippen LogP contribution in [0.1, 0.15) is 12.0 Å². The van der Waals surface area contributed by atoms with Crippen molar-refractivity contribution >= 4 is 52.1 Å². The van der Waals surface area contributed by atoms with Crippen LogP contribution in [-0.4, -0.2) is 24.1 Å². The first-order valence-corrected chi connectivity index (χ1v) is 8.80. The molecular weight excluding hydrogens is 444 g/mol. The minimum Gasteiger partial charge on any atom is -0.406 e. The van der Waals surface area contributed by atoms with Gasteiger partial charge in [0.15, 0.2) is 0 Å². The summed E-state index contributed by atoms with van der Waals surface area (Å²) in [6.45, 7) is 0. The molecule has 0 bridgehead atoms. The van der Waals surface area contributed by atoms with Gasteiger partial charge in [0, 0.05) is 17.7 Å². The van der Waals surface area contributed by atoms with Crippen molar-refractivity contribution in [3.05, 3.63) is 57.0 Å². The molecule has 2 aromatic rings. The number of nitrogens with one attached hydrogen (secondary N) is 1. The molecule has 0 aliphatic carbocycles. The molecule has 1 unspecified atom stereocenters. The van der Waals surface area contributed by atoms with Crippen LogP contribution in [0.3, 0.4) is 0 Å². The molecular formula is C17H10Cl3F3N2O3. The number of halogens is 6. The maximum absolute atomic E-state index is 12.3. The summed E-state index contributed by atoms with van der Waals surface area (Å²) < 4.78 is 40.3. The summed E-state index contributed by atoms with van der Waals surface area (Å²) in [7, 11) is 0. The van der Waals surface area contributed by atoms with Crippen molar-refractivity contribution in [1.82, 2.24) is 0 Å². The molecule has 1 aliphatic rings. The Morgan fingerprint density at radius 2 is 1.75 bits per heavy atom. The standard InChI is InChI=1S/C17H10Cl3F3N2O3/c18-10-5-6-11(19)15(20)14(10)12-7-13(28-25-12)16(26)24-8-1-3-9(4-2-8)27-17(21,22)23/h1-6,13H,7H2,(H,24,26). The summed E-state index contributed by atoms with van der Waals surface area (Å²) in [5.74, 6) is -0.948. The van der Waals surface area contributed by atoms with Crippen molar-refractivity contribution in [1.29, 1.82) is 0 Å². The predicted octanol–water partition coefficient (Wildman–Crippen LogP) is 5.68. The van der Waals surface area contributed by atoms with E-state index >= 15 is 0 Å². The fourth-order valence-corrected chi connectivity index (χ4v) is 3.17. The van der Waals surface area contributed by atoms with Crippen LogP contribution in [0.25, 0.3) is 0 Å². The third-order valence-electron chi connectivity index (χ3n) is 3.65. The summed E-state index contributed by atoms with van der Waals surface area (Å²) in [5.41, 5.74) is 0.988. The number of carbonyl (C=O) groups is 1. The second-order valence-corrected chi connectivity index (χ2v) is 6.81. The van der Waals surface area contributed by atoms with E-state index in [0.717, 1.165) is 12.1 Å². The van der Waals surface area contributed by atoms with Crippen molar-refractivity contribution in [2.45, 2.75) is 18.9 Å². The van der Waals surface area contributed by atoms with E-state index in [-0.39, 0.29) is 22.2 Å². The van der Waals surface area contributed by atoms with Crippen LogP contribution in [0.2, 0.25) is 15.1 Å². The first-order chi connectivity index (χ1) is 13.1. The zero-order chi connectivity index (χ0) is 20.5. The normalized spacial score (nSPS) is 16.4. The Labute approximate surface area is 172 Å². The Morgan fingerprint density at radius 3 is 2.39 bits per heavy atom. The lowest BCUT2D eigenvalue weighted by Crippen LogP contribution is -2.28. The van der Waals surface area contributed by atoms with Gasteiger partial charge >= 0.3 is 6.36 Å². The molecule has 2 aromatic carbocycles. The van der Waals surface area contributed by atoms with Gasteiger partial charge in [-0.25, -0.2) is 0 Å². The third kappa shape index (κ3) is 4.81. The topological polar surface area (TPSA) is 59.9 Å². The Balaban J connectivity index is 1.64. The van der Waals surface area contributed by atoms with E-state index in [9.17, 15) is 18.0 Å². The molecule has 1 atom stereocenters. The van der Waals surface area contributed by atoms with E-state index in [1.165, 1.54) is 18.2 Å². The maximum atomic E-state index is 12.3. The lowest BCUT2D eigenvalue weighted by molar-refractivity contribution is -0.274. The van der Waals surface area contributed by atoms with E-state index in [1.54, 1.807) is 6.07 Å². The molecule has 1 amide bonds. The lowest BCUT2D eigenvalue weighted by Gasteiger charge is -2.12. The number of alkyl halides is 3. The number of nitrogens with zero attached hydrogens (tertiary/aromatic N) is 1. The van der Waals surface area contributed by atoms with E-state index in [1.807, 2.05) is 0 Å². The van der Waals surface area contributed by atoms with E-state index < -0.39 is 24.1 Å². The molecule has 1 N–H and O–H groups in total. The van der Waals surface area contributed by atoms with Gasteiger partial charge in [0.2, 0.25) is 6.10 Å². The van der Waals surface area contributed by atoms with Crippen LogP contribution in [-0.2, 0) is 9.63 Å². The quantitative estimate of drug-likeness (QED) is 0.606. The molecule has 3 rings (SSSR count). The Kier molecular flexibility index (Phi) is 5.92. The van der Waals surface area contributed by atoms with E-state index in [2.05, 4.69) is 15.2 Å². The summed E-state index contributed by atoms with van der Waals surface area (Å²) in [4.78, 5) is 17.5. The van der Waals surface area contributed by atoms with Crippen molar-refractivity contribution in [2.75, 3.05) is 5.32 Å². The molecule has 1 heterocycles. The minimum atomic E-state index is -4.79. The largest absolute Gasteiger partial charge is 0.573 e. The third-order valence-corrected chi connectivity index (χ3v) is 4.77. The number of hydrogen-bond acceptors (Lipinski definition) is 4. The second-order valence-electron chi connectivity index (χ2n) is 5.62. The van der Waals surface area contributed by atoms with Crippen LogP contribution in [0.5, 0.6) is 5.75 Å². The first kappa shape index (κ1) is 20.6. The van der Waals surface area contributed by atoms with E-state index in [4.69, 9.17) is 39.6 Å². The molecule has 28 heavy (non-hydrogen) atoms. The number of anilines is 1. The first-order valence-electron chi connectivity index (χ1n) is 7.67. The fraction of sp³-hybridized carbons (Fsp3) is 0.176. The van der Waals surface area contributed by atoms with Gasteiger partial charge in [-0.3, -0.25) is 4.79 Å². The average Bonchev–Trinajstić information content (AvgIpc) is 3.09. The van der Waals surface area contributed by atoms with E-state index in [0.29, 0.717) is 16.3 Å². The highest BCUT2D eigenvalue weighted by Crippen LogP contribution is 2.34. The van der Waals surface area contributed by atoms with Crippen LogP contribution in [0, 0.1) is 0 Å². The number of benzene rings is 2. The van der Waals surface area contributed by atoms with Crippen molar-refractivity contribution in [3.8, 4) is 5.75 Å². The molecule has 11 heteroatoms. The monoisotopic (exact) mass is 452 g/mol. The molecule has 148 valence electrons. The summed E-state index contributed by atoms with van der Waals surface area (Å²) in [6.07, 6.45) is -5.67. The molecule has 0 spiro atoms. The van der Waals surface area contributed by atoms with Crippen LogP contribution >= 0.6 is 34.8 Å². The predicted molar refractivity (Wildman–Crippen MR) is 99.3 cm³/mol. The summed E-state index contributed by atoms with van der Waals surface area (Å²) >= 11 is 18.3. The van der Waals surface area contributed by atoms with Crippen molar-refractivity contribution in [2.24, 2.45) is 5.16 Å². The molecule has 0 aromatic heterocycles. The average molecular weight is 454 g/mol. The van der Waals surface area contributed by atoms with Gasteiger partial charge in [-0.05, 0) is 36.4 Å². The highest BCUT2D eigenvalue weighted by Gasteiger charge is 2.32. The summed E-state index contributed by atoms with van der Waals surface area (Å²) in [6, 6.07) is 7.76. The number of carbonyl (C=O) groups excluding carboxylic acids is 1. The lowest BCUT2D eigenvalue weighted by atomic mass is 10.0. The number of amides is 1. The number of hydrogen-bond donors (Lipinski definition) is 1. The molecule has 0 saturated heterocycles. The van der Waals surface area contributed by atoms with Gasteiger partial charge in [-0.15, -0.1) is 13.2 Å². The summed E-state index contributed by atoms with van der Waals surface area (Å²) in [5, 5.41) is 7.14. The van der Waals surface area contributed by atoms with Crippen molar-refractivity contribution < 1.29 is 27.5 Å². The maximum Gasteiger partial charge on any atom is 0.573 e. The molecule has 0 saturated carbocycles. The molecule has 0 fully saturated rings. The smallest absolute Gasteiger partial charge is 0.406 e. The second kappa shape index (κ2) is 8.06. The van der Waals surface area contributed by atoms with Crippen LogP contribution in [0.4, 0.5) is 18.9 Å². The zero-order valence-corrected chi connectivity index (χ0v) is 16.0. The highest BCUT2D eigenvalue weighted by molar-refractivity contribution is 6.46. The van der Waals surface area contributed by atoms with Gasteiger partial charge < -0.3 is 14.9 Å². The fourth-order valence-electron chi connectivity index (χ4n) is 2.42. The van der Waals surface area contributed by atoms with Gasteiger partial charge in [-0.1, -0.05) is 40.0 Å². The zero-order valence-electron chi connectivity index (χ0n) is 13.7. The Bertz CT molecular complexity index is 934. The SMILES string of the molecule is O=C(Nc1ccc(OC(F)(F)F)cc1)C1CC(c2c(Cl)ccc(Cl)c2Cl)=NO1. The van der Waals surface area contributed by atoms with Gasteiger partial charge in [-0.2, -0.15) is 0 Å². The molecule has 5 nitrogen and oxygen atoms in total. The number of rotatable bonds is 4. The number of oxime groups is 1. The number of ether oxygens (including phenoxy) is 1. The molecule has 1 aliphatic heterocycles. The van der Waals surface area contributed by atoms with Gasteiger partial charge in [0.1, 0.15) is 5.75 Å². The van der Waals surface area contributed by atoms with Crippen LogP contribution < -0.4 is 10.1 Å².